The van der Waals surface area contributed by atoms with Crippen LogP contribution in [0.15, 0.2) is 29.2 Å². The molecule has 0 unspecified atom stereocenters. The molecule has 0 spiro atoms. The van der Waals surface area contributed by atoms with Gasteiger partial charge in [0.05, 0.1) is 0 Å². The van der Waals surface area contributed by atoms with Crippen molar-refractivity contribution in [1.29, 1.82) is 0 Å². The first-order chi connectivity index (χ1) is 12.0. The molecule has 1 fully saturated rings. The van der Waals surface area contributed by atoms with Gasteiger partial charge in [0, 0.05) is 24.0 Å². The van der Waals surface area contributed by atoms with Crippen molar-refractivity contribution in [1.82, 2.24) is 15.5 Å². The van der Waals surface area contributed by atoms with Crippen molar-refractivity contribution in [2.75, 3.05) is 18.8 Å². The van der Waals surface area contributed by atoms with E-state index in [1.807, 2.05) is 13.8 Å². The molecule has 1 saturated heterocycles. The van der Waals surface area contributed by atoms with Crippen molar-refractivity contribution in [3.8, 4) is 0 Å². The van der Waals surface area contributed by atoms with Gasteiger partial charge >= 0.3 is 6.03 Å². The largest absolute Gasteiger partial charge is 0.354 e. The van der Waals surface area contributed by atoms with E-state index in [2.05, 4.69) is 10.6 Å². The third-order valence-electron chi connectivity index (χ3n) is 3.93. The Kier molecular flexibility index (Phi) is 7.55. The molecular weight excluding hydrogens is 341 g/mol. The Labute approximate surface area is 152 Å². The van der Waals surface area contributed by atoms with E-state index in [1.165, 1.54) is 12.1 Å². The van der Waals surface area contributed by atoms with Gasteiger partial charge in [-0.2, -0.15) is 0 Å². The Bertz CT molecular complexity index is 580. The molecule has 0 aromatic heterocycles. The number of rotatable bonds is 7. The van der Waals surface area contributed by atoms with Crippen LogP contribution >= 0.6 is 11.8 Å². The smallest absolute Gasteiger partial charge is 0.318 e. The zero-order valence-electron chi connectivity index (χ0n) is 14.8. The number of nitrogens with zero attached hydrogens (tertiary/aromatic N) is 1. The molecule has 2 N–H and O–H groups in total. The van der Waals surface area contributed by atoms with Gasteiger partial charge in [0.1, 0.15) is 11.9 Å². The Hall–Kier alpha value is -1.76. The number of carbonyl (C=O) groups is 2. The second-order valence-corrected chi connectivity index (χ2v) is 7.57. The van der Waals surface area contributed by atoms with E-state index in [0.717, 1.165) is 23.5 Å². The van der Waals surface area contributed by atoms with Crippen molar-refractivity contribution in [3.05, 3.63) is 30.1 Å². The molecule has 1 aliphatic heterocycles. The number of amides is 3. The number of nitrogens with one attached hydrogen (secondary N) is 2. The van der Waals surface area contributed by atoms with Crippen LogP contribution in [0, 0.1) is 5.82 Å². The standard InChI is InChI=1S/C18H26FN3O2S/c1-13(2)21-18(24)22-11-3-5-16(22)17(23)20-10-4-12-25-15-8-6-14(19)7-9-15/h6-9,13,16H,3-5,10-12H2,1-2H3,(H,20,23)(H,21,24)/t16-/m0/s1. The summed E-state index contributed by atoms with van der Waals surface area (Å²) in [7, 11) is 0. The number of hydrogen-bond donors (Lipinski definition) is 2. The van der Waals surface area contributed by atoms with Crippen molar-refractivity contribution < 1.29 is 14.0 Å². The molecule has 1 aliphatic rings. The molecule has 0 bridgehead atoms. The van der Waals surface area contributed by atoms with E-state index < -0.39 is 0 Å². The van der Waals surface area contributed by atoms with Gasteiger partial charge in [0.25, 0.3) is 0 Å². The van der Waals surface area contributed by atoms with Gasteiger partial charge in [-0.15, -0.1) is 11.8 Å². The highest BCUT2D eigenvalue weighted by Crippen LogP contribution is 2.19. The summed E-state index contributed by atoms with van der Waals surface area (Å²) in [5, 5.41) is 5.77. The molecule has 138 valence electrons. The van der Waals surface area contributed by atoms with Gasteiger partial charge < -0.3 is 15.5 Å². The van der Waals surface area contributed by atoms with E-state index in [-0.39, 0.29) is 29.8 Å². The molecule has 0 aliphatic carbocycles. The van der Waals surface area contributed by atoms with Crippen LogP contribution in [0.2, 0.25) is 0 Å². The Morgan fingerprint density at radius 2 is 2.04 bits per heavy atom. The van der Waals surface area contributed by atoms with Gasteiger partial charge in [0.2, 0.25) is 5.91 Å². The highest BCUT2D eigenvalue weighted by atomic mass is 32.2. The van der Waals surface area contributed by atoms with Crippen molar-refractivity contribution >= 4 is 23.7 Å². The molecule has 3 amide bonds. The summed E-state index contributed by atoms with van der Waals surface area (Å²) in [6.45, 7) is 5.00. The summed E-state index contributed by atoms with van der Waals surface area (Å²) >= 11 is 1.63. The fourth-order valence-corrected chi connectivity index (χ4v) is 3.59. The maximum atomic E-state index is 12.8. The summed E-state index contributed by atoms with van der Waals surface area (Å²) in [4.78, 5) is 27.1. The molecule has 2 rings (SSSR count). The van der Waals surface area contributed by atoms with Gasteiger partial charge in [-0.25, -0.2) is 9.18 Å². The lowest BCUT2D eigenvalue weighted by atomic mass is 10.2. The number of hydrogen-bond acceptors (Lipinski definition) is 3. The van der Waals surface area contributed by atoms with Crippen LogP contribution in [0.25, 0.3) is 0 Å². The summed E-state index contributed by atoms with van der Waals surface area (Å²) in [5.41, 5.74) is 0. The van der Waals surface area contributed by atoms with E-state index in [9.17, 15) is 14.0 Å². The molecule has 7 heteroatoms. The zero-order chi connectivity index (χ0) is 18.2. The third-order valence-corrected chi connectivity index (χ3v) is 5.03. The lowest BCUT2D eigenvalue weighted by Crippen LogP contribution is -2.50. The summed E-state index contributed by atoms with van der Waals surface area (Å²) in [6, 6.07) is 5.91. The second kappa shape index (κ2) is 9.65. The first-order valence-electron chi connectivity index (χ1n) is 8.70. The quantitative estimate of drug-likeness (QED) is 0.575. The predicted molar refractivity (Wildman–Crippen MR) is 98.1 cm³/mol. The average molecular weight is 367 g/mol. The highest BCUT2D eigenvalue weighted by Gasteiger charge is 2.33. The summed E-state index contributed by atoms with van der Waals surface area (Å²) in [6.07, 6.45) is 2.38. The predicted octanol–water partition coefficient (Wildman–Crippen LogP) is 3.01. The number of benzene rings is 1. The number of likely N-dealkylation sites (tertiary alicyclic amines) is 1. The first-order valence-corrected chi connectivity index (χ1v) is 9.69. The molecule has 1 aromatic carbocycles. The Morgan fingerprint density at radius 1 is 1.32 bits per heavy atom. The van der Waals surface area contributed by atoms with Crippen LogP contribution in [0.1, 0.15) is 33.1 Å². The van der Waals surface area contributed by atoms with Crippen molar-refractivity contribution in [2.45, 2.75) is 50.1 Å². The van der Waals surface area contributed by atoms with Crippen LogP contribution in [0.3, 0.4) is 0 Å². The lowest BCUT2D eigenvalue weighted by molar-refractivity contribution is -0.124. The third kappa shape index (κ3) is 6.23. The Morgan fingerprint density at radius 3 is 2.72 bits per heavy atom. The minimum absolute atomic E-state index is 0.0558. The van der Waals surface area contributed by atoms with Crippen LogP contribution < -0.4 is 10.6 Å². The van der Waals surface area contributed by atoms with E-state index in [0.29, 0.717) is 19.5 Å². The van der Waals surface area contributed by atoms with Crippen molar-refractivity contribution in [2.24, 2.45) is 0 Å². The minimum Gasteiger partial charge on any atom is -0.354 e. The van der Waals surface area contributed by atoms with Crippen LogP contribution in [-0.4, -0.2) is 47.8 Å². The second-order valence-electron chi connectivity index (χ2n) is 6.40. The highest BCUT2D eigenvalue weighted by molar-refractivity contribution is 7.99. The lowest BCUT2D eigenvalue weighted by Gasteiger charge is -2.25. The van der Waals surface area contributed by atoms with Crippen LogP contribution in [-0.2, 0) is 4.79 Å². The maximum absolute atomic E-state index is 12.8. The van der Waals surface area contributed by atoms with Crippen molar-refractivity contribution in [3.63, 3.8) is 0 Å². The van der Waals surface area contributed by atoms with E-state index in [4.69, 9.17) is 0 Å². The van der Waals surface area contributed by atoms with Gasteiger partial charge in [0.15, 0.2) is 0 Å². The molecule has 5 nitrogen and oxygen atoms in total. The number of halogens is 1. The molecular formula is C18H26FN3O2S. The van der Waals surface area contributed by atoms with Gasteiger partial charge in [-0.1, -0.05) is 0 Å². The first kappa shape index (κ1) is 19.6. The monoisotopic (exact) mass is 367 g/mol. The average Bonchev–Trinajstić information content (AvgIpc) is 3.05. The molecule has 0 radical (unpaired) electrons. The minimum atomic E-state index is -0.372. The summed E-state index contributed by atoms with van der Waals surface area (Å²) in [5.74, 6) is 0.524. The number of thioether (sulfide) groups is 1. The molecule has 25 heavy (non-hydrogen) atoms. The van der Waals surface area contributed by atoms with Gasteiger partial charge in [-0.05, 0) is 63.1 Å². The number of urea groups is 1. The van der Waals surface area contributed by atoms with E-state index >= 15 is 0 Å². The fraction of sp³-hybridized carbons (Fsp3) is 0.556. The molecule has 1 aromatic rings. The number of carbonyl (C=O) groups excluding carboxylic acids is 2. The van der Waals surface area contributed by atoms with Crippen LogP contribution in [0.4, 0.5) is 9.18 Å². The Balaban J connectivity index is 1.68. The SMILES string of the molecule is CC(C)NC(=O)N1CCC[C@H]1C(=O)NCCCSc1ccc(F)cc1. The van der Waals surface area contributed by atoms with E-state index in [1.54, 1.807) is 28.8 Å². The topological polar surface area (TPSA) is 61.4 Å². The normalized spacial score (nSPS) is 17.0. The zero-order valence-corrected chi connectivity index (χ0v) is 15.6. The fourth-order valence-electron chi connectivity index (χ4n) is 2.73. The molecule has 1 atom stereocenters. The summed E-state index contributed by atoms with van der Waals surface area (Å²) < 4.78 is 12.8. The van der Waals surface area contributed by atoms with Gasteiger partial charge in [-0.3, -0.25) is 4.79 Å². The molecule has 1 heterocycles. The molecule has 0 saturated carbocycles. The maximum Gasteiger partial charge on any atom is 0.318 e. The van der Waals surface area contributed by atoms with Crippen LogP contribution in [0.5, 0.6) is 0 Å².